The van der Waals surface area contributed by atoms with E-state index in [4.69, 9.17) is 22.1 Å². The molecule has 0 radical (unpaired) electrons. The van der Waals surface area contributed by atoms with Crippen LogP contribution in [0.3, 0.4) is 0 Å². The van der Waals surface area contributed by atoms with Gasteiger partial charge in [-0.1, -0.05) is 0 Å². The van der Waals surface area contributed by atoms with E-state index in [1.807, 2.05) is 39.8 Å². The predicted octanol–water partition coefficient (Wildman–Crippen LogP) is 6.77. The molecular weight excluding hydrogens is 448 g/mol. The molecule has 0 spiro atoms. The zero-order valence-corrected chi connectivity index (χ0v) is 19.8. The fourth-order valence-corrected chi connectivity index (χ4v) is 3.90. The first kappa shape index (κ1) is 22.5. The molecule has 0 atom stereocenters. The Kier molecular flexibility index (Phi) is 5.28. The van der Waals surface area contributed by atoms with Crippen molar-refractivity contribution >= 4 is 11.6 Å². The van der Waals surface area contributed by atoms with Crippen LogP contribution in [0.1, 0.15) is 83.4 Å². The highest BCUT2D eigenvalue weighted by atomic mass is 16.4. The number of carbonyl (C=O) groups excluding carboxylic acids is 2. The summed E-state index contributed by atoms with van der Waals surface area (Å²) in [7, 11) is 0. The van der Waals surface area contributed by atoms with Gasteiger partial charge in [-0.3, -0.25) is 9.59 Å². The van der Waals surface area contributed by atoms with Crippen LogP contribution in [-0.4, -0.2) is 11.6 Å². The zero-order chi connectivity index (χ0) is 24.8. The highest BCUT2D eigenvalue weighted by Gasteiger charge is 2.36. The molecule has 5 aromatic heterocycles. The largest absolute Gasteiger partial charge is 0.464 e. The topological polar surface area (TPSA) is 99.8 Å². The second kappa shape index (κ2) is 8.20. The van der Waals surface area contributed by atoms with E-state index in [0.717, 1.165) is 0 Å². The van der Waals surface area contributed by atoms with Crippen LogP contribution in [0, 0.1) is 0 Å². The Morgan fingerprint density at radius 2 is 0.886 bits per heavy atom. The lowest BCUT2D eigenvalue weighted by atomic mass is 9.87. The summed E-state index contributed by atoms with van der Waals surface area (Å²) in [5.74, 6) is 2.65. The molecule has 0 saturated heterocycles. The van der Waals surface area contributed by atoms with E-state index in [9.17, 15) is 9.59 Å². The highest BCUT2D eigenvalue weighted by Crippen LogP contribution is 2.39. The molecule has 0 aliphatic heterocycles. The fourth-order valence-electron chi connectivity index (χ4n) is 3.90. The molecule has 0 aliphatic carbocycles. The van der Waals surface area contributed by atoms with Crippen LogP contribution in [0.4, 0.5) is 0 Å². The van der Waals surface area contributed by atoms with Crippen LogP contribution in [0.15, 0.2) is 95.3 Å². The van der Waals surface area contributed by atoms with E-state index in [-0.39, 0.29) is 34.6 Å². The summed E-state index contributed by atoms with van der Waals surface area (Å²) in [5, 5.41) is 0. The van der Waals surface area contributed by atoms with Crippen molar-refractivity contribution in [2.45, 2.75) is 38.5 Å². The number of furan rings is 5. The molecule has 0 N–H and O–H groups in total. The average Bonchev–Trinajstić information content (AvgIpc) is 3.67. The van der Waals surface area contributed by atoms with E-state index in [0.29, 0.717) is 23.0 Å². The monoisotopic (exact) mass is 472 g/mol. The Hall–Kier alpha value is -4.26. The molecule has 5 aromatic rings. The molecule has 0 saturated carbocycles. The number of hydrogen-bond donors (Lipinski definition) is 0. The lowest BCUT2D eigenvalue weighted by Gasteiger charge is -2.22. The normalized spacial score (nSPS) is 12.2. The molecule has 5 heterocycles. The van der Waals surface area contributed by atoms with Crippen LogP contribution >= 0.6 is 0 Å². The van der Waals surface area contributed by atoms with Crippen molar-refractivity contribution in [3.05, 3.63) is 119 Å². The third-order valence-electron chi connectivity index (χ3n) is 6.22. The van der Waals surface area contributed by atoms with Crippen molar-refractivity contribution in [2.24, 2.45) is 0 Å². The van der Waals surface area contributed by atoms with Crippen LogP contribution in [-0.2, 0) is 10.8 Å². The molecule has 178 valence electrons. The Bertz CT molecular complexity index is 1360. The minimum absolute atomic E-state index is 0.194. The van der Waals surface area contributed by atoms with Crippen LogP contribution in [0.25, 0.3) is 0 Å². The first-order chi connectivity index (χ1) is 16.7. The summed E-state index contributed by atoms with van der Waals surface area (Å²) in [6.07, 6.45) is 2.89. The van der Waals surface area contributed by atoms with Crippen molar-refractivity contribution in [1.82, 2.24) is 0 Å². The zero-order valence-electron chi connectivity index (χ0n) is 19.8. The van der Waals surface area contributed by atoms with E-state index >= 15 is 0 Å². The Morgan fingerprint density at radius 3 is 1.26 bits per heavy atom. The number of carbonyl (C=O) groups is 2. The fraction of sp³-hybridized carbons (Fsp3) is 0.214. The standard InChI is InChI=1S/C28H24O7/c1-27(2,21-11-9-19(33-21)25(29)17-7-5-15-31-17)23-13-14-24(35-23)28(3,4)22-12-10-20(34-22)26(30)18-8-6-16-32-18/h5-16H,1-4H3. The van der Waals surface area contributed by atoms with Crippen LogP contribution in [0.2, 0.25) is 0 Å². The van der Waals surface area contributed by atoms with Gasteiger partial charge < -0.3 is 22.1 Å². The van der Waals surface area contributed by atoms with Gasteiger partial charge in [-0.2, -0.15) is 0 Å². The maximum atomic E-state index is 12.6. The van der Waals surface area contributed by atoms with Gasteiger partial charge in [-0.05, 0) is 88.4 Å². The number of hydrogen-bond acceptors (Lipinski definition) is 7. The third-order valence-corrected chi connectivity index (χ3v) is 6.22. The number of rotatable bonds is 8. The molecule has 5 rings (SSSR count). The van der Waals surface area contributed by atoms with Crippen molar-refractivity contribution in [2.75, 3.05) is 0 Å². The van der Waals surface area contributed by atoms with Gasteiger partial charge in [0, 0.05) is 0 Å². The van der Waals surface area contributed by atoms with E-state index in [1.54, 1.807) is 48.5 Å². The summed E-state index contributed by atoms with van der Waals surface area (Å²) in [4.78, 5) is 25.1. The van der Waals surface area contributed by atoms with E-state index in [2.05, 4.69) is 0 Å². The summed E-state index contributed by atoms with van der Waals surface area (Å²) >= 11 is 0. The van der Waals surface area contributed by atoms with E-state index < -0.39 is 10.8 Å². The Labute approximate surface area is 201 Å². The first-order valence-corrected chi connectivity index (χ1v) is 11.2. The third kappa shape index (κ3) is 3.89. The second-order valence-corrected chi connectivity index (χ2v) is 9.35. The summed E-state index contributed by atoms with van der Waals surface area (Å²) in [6.45, 7) is 7.82. The lowest BCUT2D eigenvalue weighted by Crippen LogP contribution is -2.19. The Balaban J connectivity index is 1.39. The molecule has 7 heteroatoms. The first-order valence-electron chi connectivity index (χ1n) is 11.2. The molecular formula is C28H24O7. The maximum Gasteiger partial charge on any atom is 0.263 e. The minimum atomic E-state index is -0.653. The van der Waals surface area contributed by atoms with Crippen molar-refractivity contribution < 1.29 is 31.7 Å². The van der Waals surface area contributed by atoms with Crippen molar-refractivity contribution in [3.8, 4) is 0 Å². The van der Waals surface area contributed by atoms with Crippen LogP contribution in [0.5, 0.6) is 0 Å². The molecule has 0 amide bonds. The van der Waals surface area contributed by atoms with Gasteiger partial charge >= 0.3 is 0 Å². The van der Waals surface area contributed by atoms with Gasteiger partial charge in [0.05, 0.1) is 23.4 Å². The summed E-state index contributed by atoms with van der Waals surface area (Å²) in [6, 6.07) is 17.1. The molecule has 0 fully saturated rings. The van der Waals surface area contributed by atoms with Gasteiger partial charge in [0.2, 0.25) is 0 Å². The molecule has 35 heavy (non-hydrogen) atoms. The van der Waals surface area contributed by atoms with Gasteiger partial charge in [-0.15, -0.1) is 0 Å². The van der Waals surface area contributed by atoms with Crippen molar-refractivity contribution in [3.63, 3.8) is 0 Å². The summed E-state index contributed by atoms with van der Waals surface area (Å²) < 4.78 is 28.4. The van der Waals surface area contributed by atoms with Gasteiger partial charge in [0.1, 0.15) is 23.0 Å². The van der Waals surface area contributed by atoms with Crippen molar-refractivity contribution in [1.29, 1.82) is 0 Å². The van der Waals surface area contributed by atoms with Gasteiger partial charge in [0.15, 0.2) is 23.0 Å². The maximum absolute atomic E-state index is 12.6. The van der Waals surface area contributed by atoms with E-state index in [1.165, 1.54) is 12.5 Å². The Morgan fingerprint density at radius 1 is 0.514 bits per heavy atom. The highest BCUT2D eigenvalue weighted by molar-refractivity contribution is 6.05. The molecule has 0 unspecified atom stereocenters. The smallest absolute Gasteiger partial charge is 0.263 e. The molecule has 0 bridgehead atoms. The molecule has 0 aromatic carbocycles. The quantitative estimate of drug-likeness (QED) is 0.230. The predicted molar refractivity (Wildman–Crippen MR) is 125 cm³/mol. The van der Waals surface area contributed by atoms with Gasteiger partial charge in [-0.25, -0.2) is 0 Å². The summed E-state index contributed by atoms with van der Waals surface area (Å²) in [5.41, 5.74) is -1.31. The lowest BCUT2D eigenvalue weighted by molar-refractivity contribution is 0.0974. The molecule has 7 nitrogen and oxygen atoms in total. The van der Waals surface area contributed by atoms with Crippen LogP contribution < -0.4 is 0 Å². The van der Waals surface area contributed by atoms with Gasteiger partial charge in [0.25, 0.3) is 11.6 Å². The average molecular weight is 472 g/mol. The SMILES string of the molecule is CC(C)(c1ccc(C(=O)c2ccco2)o1)c1ccc(C(C)(C)c2ccc(C(=O)c3ccco3)o2)o1. The number of ketones is 2. The second-order valence-electron chi connectivity index (χ2n) is 9.35. The molecule has 0 aliphatic rings. The minimum Gasteiger partial charge on any atom is -0.464 e.